The van der Waals surface area contributed by atoms with E-state index in [0.717, 1.165) is 4.90 Å². The van der Waals surface area contributed by atoms with Gasteiger partial charge in [-0.15, -0.1) is 0 Å². The quantitative estimate of drug-likeness (QED) is 0.519. The van der Waals surface area contributed by atoms with Crippen molar-refractivity contribution in [1.82, 2.24) is 25.1 Å². The molecule has 3 atom stereocenters. The van der Waals surface area contributed by atoms with Crippen LogP contribution in [0.4, 0.5) is 4.79 Å². The number of imidazole rings is 1. The highest BCUT2D eigenvalue weighted by molar-refractivity contribution is 7.80. The number of nitrogens with two attached hydrogens (primary N) is 1. The van der Waals surface area contributed by atoms with Gasteiger partial charge in [0.1, 0.15) is 23.2 Å². The van der Waals surface area contributed by atoms with Crippen LogP contribution in [0.25, 0.3) is 0 Å². The Balaban J connectivity index is 1.81. The first-order valence-electron chi connectivity index (χ1n) is 9.15. The number of rotatable bonds is 5. The van der Waals surface area contributed by atoms with E-state index in [1.807, 2.05) is 0 Å². The molecule has 0 radical (unpaired) electrons. The molecule has 12 heteroatoms. The summed E-state index contributed by atoms with van der Waals surface area (Å²) < 4.78 is 5.19. The number of imide groups is 1. The van der Waals surface area contributed by atoms with E-state index in [4.69, 9.17) is 22.7 Å². The van der Waals surface area contributed by atoms with Crippen LogP contribution in [0.3, 0.4) is 0 Å². The van der Waals surface area contributed by atoms with Gasteiger partial charge in [0.2, 0.25) is 11.8 Å². The summed E-state index contributed by atoms with van der Waals surface area (Å²) in [6.07, 6.45) is 3.33. The zero-order valence-electron chi connectivity index (χ0n) is 15.8. The molecule has 0 saturated carbocycles. The van der Waals surface area contributed by atoms with Crippen LogP contribution in [-0.4, -0.2) is 79.8 Å². The molecule has 5 amide bonds. The number of H-pyrrole nitrogens is 1. The summed E-state index contributed by atoms with van der Waals surface area (Å²) in [5.41, 5.74) is 6.01. The van der Waals surface area contributed by atoms with Crippen molar-refractivity contribution >= 4 is 41.0 Å². The lowest BCUT2D eigenvalue weighted by Crippen LogP contribution is -2.60. The van der Waals surface area contributed by atoms with Crippen LogP contribution in [0, 0.1) is 0 Å². The third-order valence-electron chi connectivity index (χ3n) is 4.92. The molecule has 3 rings (SSSR count). The molecule has 29 heavy (non-hydrogen) atoms. The maximum Gasteiger partial charge on any atom is 0.329 e. The number of likely N-dealkylation sites (tertiary alicyclic amines) is 1. The van der Waals surface area contributed by atoms with Crippen LogP contribution in [0.1, 0.15) is 25.5 Å². The number of nitrogens with zero attached hydrogens (tertiary/aromatic N) is 3. The molecule has 3 heterocycles. The Kier molecular flexibility index (Phi) is 6.23. The fraction of sp³-hybridized carbons (Fsp3) is 0.529. The molecule has 1 aromatic rings. The van der Waals surface area contributed by atoms with Crippen molar-refractivity contribution in [2.75, 3.05) is 13.2 Å². The first kappa shape index (κ1) is 20.9. The highest BCUT2D eigenvalue weighted by atomic mass is 32.1. The minimum atomic E-state index is -1.04. The van der Waals surface area contributed by atoms with Gasteiger partial charge < -0.3 is 25.7 Å². The van der Waals surface area contributed by atoms with E-state index in [1.165, 1.54) is 24.3 Å². The molecule has 0 unspecified atom stereocenters. The number of amides is 5. The Hall–Kier alpha value is -2.86. The molecule has 4 N–H and O–H groups in total. The number of morpholine rings is 1. The first-order chi connectivity index (χ1) is 13.8. The Morgan fingerprint density at radius 1 is 1.48 bits per heavy atom. The number of carbonyl (C=O) groups is 4. The average Bonchev–Trinajstić information content (AvgIpc) is 3.35. The van der Waals surface area contributed by atoms with Crippen LogP contribution in [0.2, 0.25) is 0 Å². The third-order valence-corrected chi connectivity index (χ3v) is 5.22. The molecule has 2 saturated heterocycles. The smallest absolute Gasteiger partial charge is 0.329 e. The van der Waals surface area contributed by atoms with E-state index in [9.17, 15) is 19.2 Å². The zero-order chi connectivity index (χ0) is 21.1. The van der Waals surface area contributed by atoms with Crippen LogP contribution in [0.15, 0.2) is 12.5 Å². The van der Waals surface area contributed by atoms with E-state index >= 15 is 0 Å². The fourth-order valence-electron chi connectivity index (χ4n) is 3.41. The number of thiocarbonyl (C=S) groups is 1. The minimum absolute atomic E-state index is 0.00882. The Morgan fingerprint density at radius 2 is 2.24 bits per heavy atom. The number of ether oxygens (including phenoxy) is 1. The van der Waals surface area contributed by atoms with Crippen molar-refractivity contribution in [3.63, 3.8) is 0 Å². The molecule has 11 nitrogen and oxygen atoms in total. The van der Waals surface area contributed by atoms with Gasteiger partial charge in [0.05, 0.1) is 12.9 Å². The summed E-state index contributed by atoms with van der Waals surface area (Å²) in [5, 5.41) is 2.57. The monoisotopic (exact) mass is 422 g/mol. The molecular formula is C17H22N6O5S. The SMILES string of the molecule is C[C@H]1OCC(=S)N(C(=O)N[C@@H](Cc2cnc[nH]2)C(=O)N2CCC[C@H]2C(N)=O)C1=O. The third kappa shape index (κ3) is 4.43. The lowest BCUT2D eigenvalue weighted by Gasteiger charge is -2.32. The maximum atomic E-state index is 13.1. The van der Waals surface area contributed by atoms with Gasteiger partial charge in [0, 0.05) is 24.9 Å². The van der Waals surface area contributed by atoms with Gasteiger partial charge in [0.25, 0.3) is 5.91 Å². The van der Waals surface area contributed by atoms with Gasteiger partial charge >= 0.3 is 6.03 Å². The summed E-state index contributed by atoms with van der Waals surface area (Å²) in [6, 6.07) is -2.59. The summed E-state index contributed by atoms with van der Waals surface area (Å²) >= 11 is 5.07. The summed E-state index contributed by atoms with van der Waals surface area (Å²) in [5.74, 6) is -1.67. The summed E-state index contributed by atoms with van der Waals surface area (Å²) in [7, 11) is 0. The lowest BCUT2D eigenvalue weighted by atomic mass is 10.1. The number of primary amides is 1. The standard InChI is InChI=1S/C17H22N6O5S/c1-9-15(25)23(13(29)7-28-9)17(27)21-11(5-10-6-19-8-20-10)16(26)22-4-2-3-12(22)14(18)24/h6,8-9,11-12H,2-5,7H2,1H3,(H2,18,24)(H,19,20)(H,21,27)/t9-,11+,12+/m1/s1. The molecular weight excluding hydrogens is 400 g/mol. The van der Waals surface area contributed by atoms with E-state index in [0.29, 0.717) is 25.1 Å². The van der Waals surface area contributed by atoms with Crippen molar-refractivity contribution in [2.24, 2.45) is 5.73 Å². The summed E-state index contributed by atoms with van der Waals surface area (Å²) in [4.78, 5) is 58.9. The Morgan fingerprint density at radius 3 is 2.90 bits per heavy atom. The highest BCUT2D eigenvalue weighted by Gasteiger charge is 2.40. The van der Waals surface area contributed by atoms with Gasteiger partial charge in [-0.05, 0) is 19.8 Å². The van der Waals surface area contributed by atoms with Crippen molar-refractivity contribution in [1.29, 1.82) is 0 Å². The molecule has 2 aliphatic heterocycles. The number of aromatic nitrogens is 2. The van der Waals surface area contributed by atoms with Crippen molar-refractivity contribution in [3.05, 3.63) is 18.2 Å². The van der Waals surface area contributed by atoms with Crippen LogP contribution >= 0.6 is 12.2 Å². The molecule has 0 spiro atoms. The van der Waals surface area contributed by atoms with Gasteiger partial charge in [-0.2, -0.15) is 0 Å². The van der Waals surface area contributed by atoms with Crippen LogP contribution in [0.5, 0.6) is 0 Å². The van der Waals surface area contributed by atoms with E-state index in [-0.39, 0.29) is 18.0 Å². The molecule has 0 aromatic carbocycles. The molecule has 156 valence electrons. The summed E-state index contributed by atoms with van der Waals surface area (Å²) in [6.45, 7) is 1.82. The molecule has 0 aliphatic carbocycles. The van der Waals surface area contributed by atoms with E-state index in [2.05, 4.69) is 15.3 Å². The van der Waals surface area contributed by atoms with Gasteiger partial charge in [-0.1, -0.05) is 12.2 Å². The van der Waals surface area contributed by atoms with Crippen LogP contribution < -0.4 is 11.1 Å². The second-order valence-electron chi connectivity index (χ2n) is 6.90. The molecule has 1 aromatic heterocycles. The Bertz CT molecular complexity index is 828. The minimum Gasteiger partial charge on any atom is -0.368 e. The molecule has 0 bridgehead atoms. The predicted octanol–water partition coefficient (Wildman–Crippen LogP) is -0.919. The second kappa shape index (κ2) is 8.66. The van der Waals surface area contributed by atoms with Crippen molar-refractivity contribution < 1.29 is 23.9 Å². The highest BCUT2D eigenvalue weighted by Crippen LogP contribution is 2.19. The Labute approximate surface area is 171 Å². The largest absolute Gasteiger partial charge is 0.368 e. The number of hydrogen-bond donors (Lipinski definition) is 3. The zero-order valence-corrected chi connectivity index (χ0v) is 16.6. The topological polar surface area (TPSA) is 151 Å². The first-order valence-corrected chi connectivity index (χ1v) is 9.56. The number of nitrogens with one attached hydrogen (secondary N) is 2. The lowest BCUT2D eigenvalue weighted by molar-refractivity contribution is -0.140. The van der Waals surface area contributed by atoms with Crippen molar-refractivity contribution in [2.45, 2.75) is 44.4 Å². The van der Waals surface area contributed by atoms with Crippen LogP contribution in [-0.2, 0) is 25.5 Å². The second-order valence-corrected chi connectivity index (χ2v) is 7.37. The fourth-order valence-corrected chi connectivity index (χ4v) is 3.65. The number of carbonyl (C=O) groups excluding carboxylic acids is 4. The number of urea groups is 1. The van der Waals surface area contributed by atoms with E-state index in [1.54, 1.807) is 0 Å². The van der Waals surface area contributed by atoms with Gasteiger partial charge in [-0.25, -0.2) is 14.7 Å². The number of hydrogen-bond acceptors (Lipinski definition) is 7. The predicted molar refractivity (Wildman–Crippen MR) is 103 cm³/mol. The van der Waals surface area contributed by atoms with Gasteiger partial charge in [-0.3, -0.25) is 14.4 Å². The molecule has 2 aliphatic rings. The average molecular weight is 422 g/mol. The normalized spacial score (nSPS) is 23.2. The maximum absolute atomic E-state index is 13.1. The van der Waals surface area contributed by atoms with Gasteiger partial charge in [0.15, 0.2) is 0 Å². The van der Waals surface area contributed by atoms with Crippen molar-refractivity contribution in [3.8, 4) is 0 Å². The number of aromatic amines is 1. The van der Waals surface area contributed by atoms with E-state index < -0.39 is 41.9 Å². The molecule has 2 fully saturated rings.